The van der Waals surface area contributed by atoms with Crippen LogP contribution in [0.1, 0.15) is 48.0 Å². The summed E-state index contributed by atoms with van der Waals surface area (Å²) in [6.07, 6.45) is 0.303. The van der Waals surface area contributed by atoms with Crippen LogP contribution in [-0.4, -0.2) is 59.0 Å². The SMILES string of the molecule is CCOC(=O)N1CCc2cc(OC)c(C(=O)Nc3cccc(C4=NNNN4C(C)C)n3)cc2C1. The molecule has 0 bridgehead atoms. The fourth-order valence-electron chi connectivity index (χ4n) is 3.91. The van der Waals surface area contributed by atoms with E-state index in [1.54, 1.807) is 30.0 Å². The highest BCUT2D eigenvalue weighted by molar-refractivity contribution is 6.06. The summed E-state index contributed by atoms with van der Waals surface area (Å²) in [4.78, 5) is 31.6. The Bertz CT molecular complexity index is 1120. The highest BCUT2D eigenvalue weighted by Crippen LogP contribution is 2.29. The second kappa shape index (κ2) is 9.96. The zero-order valence-corrected chi connectivity index (χ0v) is 19.7. The largest absolute Gasteiger partial charge is 0.496 e. The third-order valence-corrected chi connectivity index (χ3v) is 5.60. The molecule has 34 heavy (non-hydrogen) atoms. The minimum atomic E-state index is -0.358. The number of amidine groups is 1. The normalized spacial score (nSPS) is 14.9. The van der Waals surface area contributed by atoms with Crippen molar-refractivity contribution in [2.75, 3.05) is 25.6 Å². The zero-order valence-electron chi connectivity index (χ0n) is 19.7. The van der Waals surface area contributed by atoms with Crippen LogP contribution in [0.3, 0.4) is 0 Å². The molecule has 0 spiro atoms. The van der Waals surface area contributed by atoms with Gasteiger partial charge in [0.15, 0.2) is 5.84 Å². The van der Waals surface area contributed by atoms with Gasteiger partial charge in [-0.1, -0.05) is 6.07 Å². The van der Waals surface area contributed by atoms with Gasteiger partial charge in [-0.15, -0.1) is 10.6 Å². The molecule has 2 aliphatic rings. The molecule has 3 N–H and O–H groups in total. The first kappa shape index (κ1) is 23.3. The molecule has 2 aromatic rings. The molecule has 0 atom stereocenters. The van der Waals surface area contributed by atoms with E-state index in [1.807, 2.05) is 31.0 Å². The van der Waals surface area contributed by atoms with Gasteiger partial charge in [0.25, 0.3) is 5.91 Å². The lowest BCUT2D eigenvalue weighted by atomic mass is 9.96. The van der Waals surface area contributed by atoms with Crippen LogP contribution >= 0.6 is 0 Å². The molecule has 2 aliphatic heterocycles. The van der Waals surface area contributed by atoms with Crippen LogP contribution in [0.25, 0.3) is 0 Å². The number of methoxy groups -OCH3 is 1. The minimum Gasteiger partial charge on any atom is -0.496 e. The van der Waals surface area contributed by atoms with E-state index in [4.69, 9.17) is 9.47 Å². The average molecular weight is 468 g/mol. The fourth-order valence-corrected chi connectivity index (χ4v) is 3.91. The predicted octanol–water partition coefficient (Wildman–Crippen LogP) is 2.25. The number of carbonyl (C=O) groups excluding carboxylic acids is 2. The molecule has 1 aromatic carbocycles. The smallest absolute Gasteiger partial charge is 0.410 e. The second-order valence-electron chi connectivity index (χ2n) is 8.18. The Morgan fingerprint density at radius 1 is 1.24 bits per heavy atom. The topological polar surface area (TPSA) is 120 Å². The van der Waals surface area contributed by atoms with Crippen LogP contribution in [0, 0.1) is 0 Å². The van der Waals surface area contributed by atoms with Gasteiger partial charge in [-0.25, -0.2) is 15.3 Å². The fraction of sp³-hybridized carbons (Fsp3) is 0.391. The number of nitrogens with zero attached hydrogens (tertiary/aromatic N) is 4. The molecule has 11 nitrogen and oxygen atoms in total. The number of carbonyl (C=O) groups is 2. The number of hydrogen-bond acceptors (Lipinski definition) is 9. The van der Waals surface area contributed by atoms with Gasteiger partial charge in [0.05, 0.1) is 19.3 Å². The van der Waals surface area contributed by atoms with Crippen molar-refractivity contribution in [1.29, 1.82) is 0 Å². The molecule has 0 fully saturated rings. The van der Waals surface area contributed by atoms with Gasteiger partial charge in [-0.3, -0.25) is 9.80 Å². The quantitative estimate of drug-likeness (QED) is 0.592. The summed E-state index contributed by atoms with van der Waals surface area (Å²) in [5, 5.41) is 8.94. The number of ether oxygens (including phenoxy) is 2. The van der Waals surface area contributed by atoms with Crippen molar-refractivity contribution in [3.05, 3.63) is 52.7 Å². The van der Waals surface area contributed by atoms with Crippen molar-refractivity contribution in [2.24, 2.45) is 5.10 Å². The van der Waals surface area contributed by atoms with E-state index in [0.717, 1.165) is 11.1 Å². The lowest BCUT2D eigenvalue weighted by Gasteiger charge is -2.28. The molecule has 4 rings (SSSR count). The van der Waals surface area contributed by atoms with Crippen molar-refractivity contribution in [2.45, 2.75) is 39.8 Å². The van der Waals surface area contributed by atoms with Gasteiger partial charge >= 0.3 is 6.09 Å². The molecule has 0 unspecified atom stereocenters. The Labute approximate surface area is 198 Å². The van der Waals surface area contributed by atoms with E-state index >= 15 is 0 Å². The zero-order chi connectivity index (χ0) is 24.2. The summed E-state index contributed by atoms with van der Waals surface area (Å²) < 4.78 is 10.6. The minimum absolute atomic E-state index is 0.141. The number of hydrazine groups is 2. The van der Waals surface area contributed by atoms with Gasteiger partial charge in [0.2, 0.25) is 0 Å². The van der Waals surface area contributed by atoms with E-state index < -0.39 is 0 Å². The molecular weight excluding hydrogens is 438 g/mol. The van der Waals surface area contributed by atoms with Crippen LogP contribution in [0.2, 0.25) is 0 Å². The predicted molar refractivity (Wildman–Crippen MR) is 126 cm³/mol. The van der Waals surface area contributed by atoms with Crippen molar-refractivity contribution in [3.8, 4) is 5.75 Å². The summed E-state index contributed by atoms with van der Waals surface area (Å²) in [5.74, 6) is 1.12. The van der Waals surface area contributed by atoms with Crippen molar-refractivity contribution >= 4 is 23.7 Å². The maximum Gasteiger partial charge on any atom is 0.410 e. The molecule has 11 heteroatoms. The first-order valence-corrected chi connectivity index (χ1v) is 11.2. The molecule has 180 valence electrons. The molecule has 3 heterocycles. The Hall–Kier alpha value is -3.86. The monoisotopic (exact) mass is 467 g/mol. The number of hydrazone groups is 1. The molecule has 0 saturated heterocycles. The van der Waals surface area contributed by atoms with Crippen molar-refractivity contribution in [1.82, 2.24) is 26.0 Å². The van der Waals surface area contributed by atoms with E-state index in [0.29, 0.717) is 54.8 Å². The second-order valence-corrected chi connectivity index (χ2v) is 8.18. The Morgan fingerprint density at radius 2 is 2.06 bits per heavy atom. The molecule has 2 amide bonds. The van der Waals surface area contributed by atoms with E-state index in [2.05, 4.69) is 26.5 Å². The lowest BCUT2D eigenvalue weighted by Crippen LogP contribution is -2.45. The van der Waals surface area contributed by atoms with Crippen LogP contribution in [0.4, 0.5) is 10.6 Å². The number of aromatic nitrogens is 1. The number of hydrogen-bond donors (Lipinski definition) is 3. The van der Waals surface area contributed by atoms with Gasteiger partial charge in [-0.2, -0.15) is 0 Å². The molecule has 1 aromatic heterocycles. The van der Waals surface area contributed by atoms with Crippen molar-refractivity contribution < 1.29 is 19.1 Å². The van der Waals surface area contributed by atoms with Crippen LogP contribution in [-0.2, 0) is 17.7 Å². The number of pyridine rings is 1. The number of benzene rings is 1. The molecular formula is C23H29N7O4. The van der Waals surface area contributed by atoms with Crippen LogP contribution < -0.4 is 21.1 Å². The number of fused-ring (bicyclic) bond motifs is 1. The first-order chi connectivity index (χ1) is 16.4. The first-order valence-electron chi connectivity index (χ1n) is 11.2. The third kappa shape index (κ3) is 4.74. The number of rotatable bonds is 6. The summed E-state index contributed by atoms with van der Waals surface area (Å²) in [7, 11) is 1.53. The van der Waals surface area contributed by atoms with Gasteiger partial charge < -0.3 is 19.7 Å². The number of amides is 2. The standard InChI is InChI=1S/C23H29N7O4/c1-5-34-23(32)29-10-9-15-12-19(33-4)17(11-16(15)13-29)22(31)25-20-8-6-7-18(24-20)21-26-27-28-30(21)14(2)3/h6-8,11-12,14,27-28H,5,9-10,13H2,1-4H3,(H,24,25,31). The third-order valence-electron chi connectivity index (χ3n) is 5.60. The molecule has 0 radical (unpaired) electrons. The Balaban J connectivity index is 1.56. The average Bonchev–Trinajstić information content (AvgIpc) is 3.33. The highest BCUT2D eigenvalue weighted by atomic mass is 16.6. The van der Waals surface area contributed by atoms with Crippen molar-refractivity contribution in [3.63, 3.8) is 0 Å². The Morgan fingerprint density at radius 3 is 2.79 bits per heavy atom. The van der Waals surface area contributed by atoms with E-state index in [-0.39, 0.29) is 18.0 Å². The Kier molecular flexibility index (Phi) is 6.82. The molecule has 0 saturated carbocycles. The number of anilines is 1. The van der Waals surface area contributed by atoms with Crippen LogP contribution in [0.5, 0.6) is 5.75 Å². The maximum atomic E-state index is 13.2. The number of nitrogens with one attached hydrogen (secondary N) is 3. The van der Waals surface area contributed by atoms with Crippen LogP contribution in [0.15, 0.2) is 35.4 Å². The lowest BCUT2D eigenvalue weighted by molar-refractivity contribution is 0.102. The van der Waals surface area contributed by atoms with E-state index in [9.17, 15) is 9.59 Å². The van der Waals surface area contributed by atoms with Gasteiger partial charge in [-0.05, 0) is 62.6 Å². The summed E-state index contributed by atoms with van der Waals surface area (Å²) in [5.41, 5.74) is 8.59. The van der Waals surface area contributed by atoms with Gasteiger partial charge in [0, 0.05) is 19.1 Å². The highest BCUT2D eigenvalue weighted by Gasteiger charge is 2.26. The van der Waals surface area contributed by atoms with Gasteiger partial charge in [0.1, 0.15) is 17.3 Å². The summed E-state index contributed by atoms with van der Waals surface area (Å²) in [6.45, 7) is 7.06. The van der Waals surface area contributed by atoms with E-state index in [1.165, 1.54) is 7.11 Å². The molecule has 0 aliphatic carbocycles. The summed E-state index contributed by atoms with van der Waals surface area (Å²) in [6, 6.07) is 9.11. The maximum absolute atomic E-state index is 13.2. The summed E-state index contributed by atoms with van der Waals surface area (Å²) >= 11 is 0.